The Bertz CT molecular complexity index is 5640. The number of aliphatic imine (C=N–C) groups is 4. The monoisotopic (exact) mass is 1220 g/mol. The number of imidazole rings is 1. The first kappa shape index (κ1) is 53.0. The summed E-state index contributed by atoms with van der Waals surface area (Å²) in [5.74, 6) is 2.68. The van der Waals surface area contributed by atoms with Crippen LogP contribution in [-0.2, 0) is 36.9 Å². The Kier molecular flexibility index (Phi) is 12.0. The van der Waals surface area contributed by atoms with Crippen LogP contribution >= 0.6 is 0 Å². The van der Waals surface area contributed by atoms with Crippen LogP contribution < -0.4 is 15.5 Å². The van der Waals surface area contributed by atoms with E-state index in [0.717, 1.165) is 22.9 Å². The van der Waals surface area contributed by atoms with E-state index in [-0.39, 0.29) is 38.8 Å². The third-order valence-corrected chi connectivity index (χ3v) is 21.2. The van der Waals surface area contributed by atoms with Gasteiger partial charge in [-0.2, -0.15) is 0 Å². The molecule has 9 aromatic carbocycles. The van der Waals surface area contributed by atoms with Crippen molar-refractivity contribution in [3.63, 3.8) is 0 Å². The van der Waals surface area contributed by atoms with Crippen molar-refractivity contribution in [1.82, 2.24) is 11.5 Å². The van der Waals surface area contributed by atoms with Gasteiger partial charge >= 0.3 is 405 Å². The minimum absolute atomic E-state index is 0. The number of hydrogen-bond acceptors (Lipinski definition) is 15. The van der Waals surface area contributed by atoms with Crippen molar-refractivity contribution in [3.05, 3.63) is 214 Å². The summed E-state index contributed by atoms with van der Waals surface area (Å²) in [6.45, 7) is 5.02. The fourth-order valence-corrected chi connectivity index (χ4v) is 16.7. The van der Waals surface area contributed by atoms with E-state index >= 15 is 0 Å². The number of rotatable bonds is 5. The van der Waals surface area contributed by atoms with Crippen molar-refractivity contribution in [3.8, 4) is 0 Å². The van der Waals surface area contributed by atoms with Crippen LogP contribution in [0.2, 0.25) is 0 Å². The van der Waals surface area contributed by atoms with Gasteiger partial charge in [0.25, 0.3) is 5.82 Å². The minimum Gasteiger partial charge on any atom is -0.412 e. The van der Waals surface area contributed by atoms with E-state index in [1.54, 1.807) is 48.5 Å². The molecule has 0 saturated heterocycles. The molecule has 3 aromatic heterocycles. The molecule has 12 aromatic rings. The molecule has 0 aliphatic carbocycles. The Morgan fingerprint density at radius 1 is 0.452 bits per heavy atom. The Morgan fingerprint density at radius 3 is 1.40 bits per heavy atom. The van der Waals surface area contributed by atoms with Gasteiger partial charge in [-0.15, -0.1) is 0 Å². The molecule has 4 aliphatic rings. The predicted octanol–water partition coefficient (Wildman–Crippen LogP) is 6.94. The average Bonchev–Trinajstić information content (AvgIpc) is 1.68. The van der Waals surface area contributed by atoms with Gasteiger partial charge < -0.3 is 5.48 Å². The average molecular weight is 1220 g/mol. The molecule has 24 heteroatoms. The molecule has 3 N–H and O–H groups in total. The molecular weight excluding hydrogens is 1190 g/mol. The third-order valence-electron chi connectivity index (χ3n) is 15.5. The number of nitrogens with zero attached hydrogens (tertiary/aromatic N) is 9. The zero-order valence-electron chi connectivity index (χ0n) is 43.8. The number of nitrogens with one attached hydrogen (secondary N) is 1. The molecular formula is C60H38GaN10O10S3-2. The SMILES string of the molecule is Cc1[nH]cc[n+]1Cc1ccccc1.Cc1cccc2cc3c(cc12)C1=NC3=Nc2c3cc4c(S(=O)(=O)[O-])cccc4cc3c3[n]2[Ga][n]2c(c4cc5cccc(S(=O)(=O)[O-])c5cc4c2=NC2=NC(=N3)c3cc4c(S(=O)(=O)[O-])cccc4cc32)=N1.O. The molecule has 0 fully saturated rings. The third kappa shape index (κ3) is 8.48. The molecule has 16 rings (SSSR count). The Balaban J connectivity index is 0.000000396. The molecule has 4 aliphatic heterocycles. The van der Waals surface area contributed by atoms with Gasteiger partial charge in [0, 0.05) is 6.92 Å². The van der Waals surface area contributed by atoms with Gasteiger partial charge in [0.2, 0.25) is 0 Å². The number of amidine groups is 4. The van der Waals surface area contributed by atoms with E-state index in [1.165, 1.54) is 53.9 Å². The number of hydrogen-bond donors (Lipinski definition) is 1. The molecule has 0 spiro atoms. The number of fused-ring (bicyclic) bond motifs is 18. The van der Waals surface area contributed by atoms with Gasteiger partial charge in [0.15, 0.2) is 0 Å². The van der Waals surface area contributed by atoms with Crippen LogP contribution in [0.15, 0.2) is 209 Å². The summed E-state index contributed by atoms with van der Waals surface area (Å²) in [4.78, 5) is 33.2. The summed E-state index contributed by atoms with van der Waals surface area (Å²) >= 11 is -2.37. The predicted molar refractivity (Wildman–Crippen MR) is 315 cm³/mol. The molecule has 0 amide bonds. The summed E-state index contributed by atoms with van der Waals surface area (Å²) < 4.78 is 121. The number of aromatic nitrogens is 4. The fraction of sp³-hybridized carbons (Fsp3) is 0.0500. The second kappa shape index (κ2) is 19.0. The summed E-state index contributed by atoms with van der Waals surface area (Å²) in [5, 5.41) is 5.43. The van der Waals surface area contributed by atoms with E-state index in [4.69, 9.17) is 30.0 Å². The van der Waals surface area contributed by atoms with Gasteiger partial charge in [-0.05, 0) is 5.56 Å². The van der Waals surface area contributed by atoms with Crippen molar-refractivity contribution in [2.75, 3.05) is 0 Å². The van der Waals surface area contributed by atoms with Crippen molar-refractivity contribution >= 4 is 148 Å². The van der Waals surface area contributed by atoms with E-state index in [2.05, 4.69) is 46.9 Å². The second-order valence-electron chi connectivity index (χ2n) is 20.5. The zero-order chi connectivity index (χ0) is 57.0. The summed E-state index contributed by atoms with van der Waals surface area (Å²) in [6.07, 6.45) is 4.01. The maximum absolute atomic E-state index is 12.8. The number of benzene rings is 9. The van der Waals surface area contributed by atoms with Gasteiger partial charge in [0.05, 0.1) is 0 Å². The summed E-state index contributed by atoms with van der Waals surface area (Å²) in [6, 6.07) is 43.6. The van der Waals surface area contributed by atoms with Crippen LogP contribution in [0.1, 0.15) is 39.2 Å². The number of aryl methyl sites for hydroxylation is 2. The number of aromatic amines is 1. The first-order valence-corrected chi connectivity index (χ1v) is 32.1. The van der Waals surface area contributed by atoms with Crippen LogP contribution in [0.4, 0.5) is 11.6 Å². The standard InChI is InChI=1S/C49H26N8O9S3.C11H12N2.Ga.H2O/c1-22-6-2-7-23-14-31-35(18-27(22)23)46-50-42(31)52-47-37-20-29-25(9-4-12-40(29)68(61,62)63)16-33(37)44(54-47)56-49-38-21-30-26(10-5-13-41(30)69(64,65)66)17-34(38)45(57-49)55-48-36-19-28-24(15-32(36)43(51-46)53-48)8-3-11-39(28)67(58,59)60;1-10-12-7-8-13(10)9-11-5-3-2-4-6-11;;/h2-21H,1H3,(H3-2,50,51,52,53,54,55,56,57,58,59,60,61,62,63,64,65,66);2-8H,9H2,1H3;;1H2/q-2;;+2;/p-2. The van der Waals surface area contributed by atoms with Crippen molar-refractivity contribution in [1.29, 1.82) is 0 Å². The smallest absolute Gasteiger partial charge is 0.412 e. The van der Waals surface area contributed by atoms with Gasteiger partial charge in [-0.3, -0.25) is 0 Å². The molecule has 0 atom stereocenters. The van der Waals surface area contributed by atoms with Gasteiger partial charge in [0.1, 0.15) is 18.9 Å². The molecule has 20 nitrogen and oxygen atoms in total. The summed E-state index contributed by atoms with van der Waals surface area (Å²) in [5.41, 5.74) is 5.13. The van der Waals surface area contributed by atoms with Crippen LogP contribution in [-0.4, -0.2) is 97.2 Å². The van der Waals surface area contributed by atoms with Crippen molar-refractivity contribution in [2.45, 2.75) is 35.1 Å². The van der Waals surface area contributed by atoms with E-state index in [1.807, 2.05) is 56.1 Å². The van der Waals surface area contributed by atoms with E-state index in [9.17, 15) is 38.9 Å². The second-order valence-corrected chi connectivity index (χ2v) is 27.2. The quantitative estimate of drug-likeness (QED) is 0.106. The molecule has 7 heterocycles. The van der Waals surface area contributed by atoms with Crippen LogP contribution in [0.25, 0.3) is 64.6 Å². The normalized spacial score (nSPS) is 14.1. The molecule has 1 radical (unpaired) electrons. The number of H-pyrrole nitrogens is 1. The van der Waals surface area contributed by atoms with E-state index < -0.39 is 62.9 Å². The van der Waals surface area contributed by atoms with Gasteiger partial charge in [-0.1, -0.05) is 30.3 Å². The Morgan fingerprint density at radius 2 is 0.881 bits per heavy atom. The molecule has 0 unspecified atom stereocenters. The topological polar surface area (TPSA) is 307 Å². The van der Waals surface area contributed by atoms with E-state index in [0.29, 0.717) is 88.8 Å². The Hall–Kier alpha value is -9.08. The van der Waals surface area contributed by atoms with Crippen LogP contribution in [0.5, 0.6) is 0 Å². The molecule has 6 bridgehead atoms. The maximum atomic E-state index is 12.8. The largest absolute Gasteiger partial charge is 0.412 e. The fourth-order valence-electron chi connectivity index (χ4n) is 11.6. The first-order valence-electron chi connectivity index (χ1n) is 25.7. The Labute approximate surface area is 484 Å². The minimum atomic E-state index is -4.98. The molecule has 84 heavy (non-hydrogen) atoms. The van der Waals surface area contributed by atoms with Crippen LogP contribution in [0, 0.1) is 13.8 Å². The van der Waals surface area contributed by atoms with Crippen LogP contribution in [0.3, 0.4) is 0 Å². The zero-order valence-corrected chi connectivity index (χ0v) is 48.7. The van der Waals surface area contributed by atoms with Gasteiger partial charge in [-0.25, -0.2) is 9.55 Å². The summed E-state index contributed by atoms with van der Waals surface area (Å²) in [7, 11) is -14.9. The first-order chi connectivity index (χ1) is 39.8. The molecule has 0 saturated carbocycles. The van der Waals surface area contributed by atoms with Crippen molar-refractivity contribution < 1.29 is 49.0 Å². The maximum Gasteiger partial charge on any atom is -0.412 e. The molecule has 411 valence electrons. The van der Waals surface area contributed by atoms with Crippen molar-refractivity contribution in [2.24, 2.45) is 30.0 Å².